The number of aromatic nitrogens is 3. The molecule has 70 heavy (non-hydrogen) atoms. The lowest BCUT2D eigenvalue weighted by molar-refractivity contribution is 0.443. The lowest BCUT2D eigenvalue weighted by Gasteiger charge is -2.22. The van der Waals surface area contributed by atoms with Crippen molar-refractivity contribution in [1.82, 2.24) is 14.5 Å². The van der Waals surface area contributed by atoms with Crippen LogP contribution in [0.1, 0.15) is 74.8 Å². The minimum absolute atomic E-state index is 0.203. The number of nitrogens with zero attached hydrogens (tertiary/aromatic N) is 3. The number of phenols is 1. The molecule has 2 aliphatic carbocycles. The molecule has 0 atom stereocenters. The number of fused-ring (bicyclic) bond motifs is 1. The highest BCUT2D eigenvalue weighted by molar-refractivity contribution is 5.99. The van der Waals surface area contributed by atoms with Gasteiger partial charge in [-0.15, -0.1) is 0 Å². The van der Waals surface area contributed by atoms with E-state index < -0.39 is 0 Å². The molecule has 0 bridgehead atoms. The molecular formula is C66H57N3O. The van der Waals surface area contributed by atoms with Crippen LogP contribution in [0.15, 0.2) is 206 Å². The van der Waals surface area contributed by atoms with Gasteiger partial charge in [-0.3, -0.25) is 9.55 Å². The van der Waals surface area contributed by atoms with Crippen molar-refractivity contribution in [3.05, 3.63) is 218 Å². The first-order valence-corrected chi connectivity index (χ1v) is 25.5. The number of rotatable bonds is 11. The Morgan fingerprint density at radius 1 is 0.443 bits per heavy atom. The van der Waals surface area contributed by atoms with Gasteiger partial charge in [0.15, 0.2) is 0 Å². The molecule has 2 heterocycles. The molecular weight excluding hydrogens is 851 g/mol. The van der Waals surface area contributed by atoms with Gasteiger partial charge in [-0.1, -0.05) is 191 Å². The molecule has 2 fully saturated rings. The highest BCUT2D eigenvalue weighted by Crippen LogP contribution is 2.45. The van der Waals surface area contributed by atoms with Crippen LogP contribution in [0.3, 0.4) is 0 Å². The van der Waals surface area contributed by atoms with Gasteiger partial charge in [-0.05, 0) is 136 Å². The van der Waals surface area contributed by atoms with Gasteiger partial charge in [0, 0.05) is 28.5 Å². The zero-order valence-corrected chi connectivity index (χ0v) is 39.6. The molecule has 0 unspecified atom stereocenters. The van der Waals surface area contributed by atoms with E-state index in [0.717, 1.165) is 84.5 Å². The van der Waals surface area contributed by atoms with Crippen molar-refractivity contribution in [1.29, 1.82) is 0 Å². The maximum Gasteiger partial charge on any atom is 0.149 e. The van der Waals surface area contributed by atoms with E-state index in [9.17, 15) is 5.11 Å². The predicted molar refractivity (Wildman–Crippen MR) is 290 cm³/mol. The summed E-state index contributed by atoms with van der Waals surface area (Å²) in [5.74, 6) is 2.27. The lowest BCUT2D eigenvalue weighted by Crippen LogP contribution is -2.04. The summed E-state index contributed by atoms with van der Waals surface area (Å²) < 4.78 is 2.29. The Kier molecular flexibility index (Phi) is 12.0. The Hall–Kier alpha value is -7.82. The molecule has 2 aromatic heterocycles. The molecule has 0 saturated heterocycles. The Labute approximate surface area is 412 Å². The first-order valence-electron chi connectivity index (χ1n) is 25.5. The Balaban J connectivity index is 1.04. The van der Waals surface area contributed by atoms with E-state index in [1.165, 1.54) is 74.5 Å². The summed E-state index contributed by atoms with van der Waals surface area (Å²) in [6.45, 7) is 0. The fraction of sp³-hybridized carbons (Fsp3) is 0.182. The minimum Gasteiger partial charge on any atom is -0.507 e. The molecule has 8 aromatic carbocycles. The van der Waals surface area contributed by atoms with E-state index in [4.69, 9.17) is 9.97 Å². The Morgan fingerprint density at radius 3 is 1.80 bits per heavy atom. The maximum atomic E-state index is 12.4. The summed E-state index contributed by atoms with van der Waals surface area (Å²) >= 11 is 0. The molecule has 0 radical (unpaired) electrons. The zero-order valence-electron chi connectivity index (χ0n) is 39.6. The van der Waals surface area contributed by atoms with Crippen molar-refractivity contribution < 1.29 is 5.11 Å². The summed E-state index contributed by atoms with van der Waals surface area (Å²) in [4.78, 5) is 10.7. The quantitative estimate of drug-likeness (QED) is 0.141. The maximum absolute atomic E-state index is 12.4. The second kappa shape index (κ2) is 19.3. The largest absolute Gasteiger partial charge is 0.507 e. The standard InChI is InChI=1S/C66H57N3O/c70-65-58(51-23-9-3-10-24-51)28-15-29-59(65)66-68-64-57(27-16-30-63(64)69(66)62-36-31-46(39-45-17-13-14-18-45)40-60(62)52-25-11-4-12-26-52)55-41-54(48-21-7-2-8-22-48)42-56(43-55)61-44-53(37-38-67-61)50-34-32-49(33-35-50)47-19-5-1-6-20-47/h2-4,7-12,15-16,21-38,40-45,47,70H,1,5-6,13-14,17-20,39H2. The van der Waals surface area contributed by atoms with Gasteiger partial charge >= 0.3 is 0 Å². The van der Waals surface area contributed by atoms with Crippen LogP contribution in [0.2, 0.25) is 0 Å². The number of aromatic hydroxyl groups is 1. The number of hydrogen-bond acceptors (Lipinski definition) is 3. The average molecular weight is 908 g/mol. The Bertz CT molecular complexity index is 3440. The predicted octanol–water partition coefficient (Wildman–Crippen LogP) is 17.6. The van der Waals surface area contributed by atoms with E-state index in [1.807, 2.05) is 54.7 Å². The monoisotopic (exact) mass is 907 g/mol. The topological polar surface area (TPSA) is 50.9 Å². The first-order chi connectivity index (χ1) is 34.6. The third-order valence-corrected chi connectivity index (χ3v) is 15.2. The SMILES string of the molecule is Oc1c(-c2ccccc2)cccc1-c1nc2c(-c3cc(-c4ccccc4)cc(-c4cc(-c5ccc(C6CCCCC6)cc5)ccn4)c3)cccc2n1-c1ccc(CC2CCCC2)cc1-c1ccccc1. The van der Waals surface area contributed by atoms with Gasteiger partial charge in [0.25, 0.3) is 0 Å². The third kappa shape index (κ3) is 8.64. The molecule has 2 saturated carbocycles. The first kappa shape index (κ1) is 43.5. The van der Waals surface area contributed by atoms with Crippen LogP contribution in [0.4, 0.5) is 0 Å². The minimum atomic E-state index is 0.203. The van der Waals surface area contributed by atoms with Gasteiger partial charge in [0.1, 0.15) is 11.6 Å². The molecule has 0 aliphatic heterocycles. The number of imidazole rings is 1. The molecule has 0 amide bonds. The van der Waals surface area contributed by atoms with Crippen molar-refractivity contribution in [3.63, 3.8) is 0 Å². The van der Waals surface area contributed by atoms with Gasteiger partial charge in [0.05, 0.1) is 28.0 Å². The van der Waals surface area contributed by atoms with Crippen molar-refractivity contribution >= 4 is 11.0 Å². The highest BCUT2D eigenvalue weighted by atomic mass is 16.3. The Morgan fingerprint density at radius 2 is 1.06 bits per heavy atom. The van der Waals surface area contributed by atoms with E-state index in [-0.39, 0.29) is 5.75 Å². The summed E-state index contributed by atoms with van der Waals surface area (Å²) in [6.07, 6.45) is 14.9. The fourth-order valence-corrected chi connectivity index (χ4v) is 11.5. The molecule has 1 N–H and O–H groups in total. The van der Waals surface area contributed by atoms with Crippen LogP contribution in [0.5, 0.6) is 5.75 Å². The van der Waals surface area contributed by atoms with Crippen LogP contribution in [0, 0.1) is 5.92 Å². The summed E-state index contributed by atoms with van der Waals surface area (Å²) in [5, 5.41) is 12.4. The van der Waals surface area contributed by atoms with Crippen molar-refractivity contribution in [3.8, 4) is 89.7 Å². The van der Waals surface area contributed by atoms with Gasteiger partial charge in [-0.25, -0.2) is 4.98 Å². The average Bonchev–Trinajstić information content (AvgIpc) is 4.10. The lowest BCUT2D eigenvalue weighted by atomic mass is 9.84. The van der Waals surface area contributed by atoms with E-state index in [0.29, 0.717) is 23.2 Å². The summed E-state index contributed by atoms with van der Waals surface area (Å²) in [7, 11) is 0. The summed E-state index contributed by atoms with van der Waals surface area (Å²) in [5.41, 5.74) is 18.9. The normalized spacial score (nSPS) is 14.3. The number of hydrogen-bond donors (Lipinski definition) is 1. The molecule has 0 spiro atoms. The molecule has 12 rings (SSSR count). The van der Waals surface area contributed by atoms with Crippen molar-refractivity contribution in [2.45, 2.75) is 70.1 Å². The van der Waals surface area contributed by atoms with Gasteiger partial charge in [0.2, 0.25) is 0 Å². The highest BCUT2D eigenvalue weighted by Gasteiger charge is 2.25. The molecule has 4 heteroatoms. The number of para-hydroxylation sites is 2. The summed E-state index contributed by atoms with van der Waals surface area (Å²) in [6, 6.07) is 71.6. The zero-order chi connectivity index (χ0) is 46.8. The van der Waals surface area contributed by atoms with Gasteiger partial charge < -0.3 is 5.11 Å². The van der Waals surface area contributed by atoms with Crippen LogP contribution in [0.25, 0.3) is 95.0 Å². The van der Waals surface area contributed by atoms with Crippen molar-refractivity contribution in [2.75, 3.05) is 0 Å². The molecule has 342 valence electrons. The number of benzene rings is 8. The van der Waals surface area contributed by atoms with Crippen molar-refractivity contribution in [2.24, 2.45) is 5.92 Å². The second-order valence-corrected chi connectivity index (χ2v) is 19.6. The van der Waals surface area contributed by atoms with E-state index in [2.05, 4.69) is 156 Å². The third-order valence-electron chi connectivity index (χ3n) is 15.2. The van der Waals surface area contributed by atoms with Crippen LogP contribution in [-0.4, -0.2) is 19.6 Å². The van der Waals surface area contributed by atoms with Crippen LogP contribution >= 0.6 is 0 Å². The number of phenolic OH excluding ortho intramolecular Hbond substituents is 1. The number of pyridine rings is 1. The van der Waals surface area contributed by atoms with Gasteiger partial charge in [-0.2, -0.15) is 0 Å². The van der Waals surface area contributed by atoms with E-state index >= 15 is 0 Å². The van der Waals surface area contributed by atoms with Crippen LogP contribution in [-0.2, 0) is 6.42 Å². The smallest absolute Gasteiger partial charge is 0.149 e. The van der Waals surface area contributed by atoms with E-state index in [1.54, 1.807) is 0 Å². The second-order valence-electron chi connectivity index (χ2n) is 19.6. The fourth-order valence-electron chi connectivity index (χ4n) is 11.5. The molecule has 4 nitrogen and oxygen atoms in total. The molecule has 10 aromatic rings. The molecule has 2 aliphatic rings. The van der Waals surface area contributed by atoms with Crippen LogP contribution < -0.4 is 0 Å².